The van der Waals surface area contributed by atoms with Crippen LogP contribution in [0.25, 0.3) is 5.69 Å². The second-order valence-corrected chi connectivity index (χ2v) is 10.7. The molecule has 1 saturated heterocycles. The molecule has 0 amide bonds. The van der Waals surface area contributed by atoms with E-state index in [-0.39, 0.29) is 12.5 Å². The van der Waals surface area contributed by atoms with Crippen molar-refractivity contribution in [2.24, 2.45) is 5.92 Å². The number of aliphatic carboxylic acids is 1. The van der Waals surface area contributed by atoms with Crippen LogP contribution in [-0.4, -0.2) is 63.5 Å². The Morgan fingerprint density at radius 1 is 1.18 bits per heavy atom. The number of fused-ring (bicyclic) bond motifs is 1. The number of carbonyl (C=O) groups is 1. The normalized spacial score (nSPS) is 18.5. The lowest BCUT2D eigenvalue weighted by atomic mass is 9.94. The minimum absolute atomic E-state index is 0.0452. The SMILES string of the molecule is O=C(O)CC(NCC[C@@H]1CCCN(CCCc2ccc3c(n2)NCCC3)C1)c1cnn(-c2ccccc2)c1. The molecule has 4 heterocycles. The van der Waals surface area contributed by atoms with Gasteiger partial charge < -0.3 is 20.6 Å². The number of likely N-dealkylation sites (tertiary alicyclic amines) is 1. The molecule has 38 heavy (non-hydrogen) atoms. The standard InChI is InChI=1S/C30H40N6O2/c37-29(38)19-28(25-20-33-36(22-25)27-10-2-1-3-11-27)31-16-14-23-7-5-17-35(21-23)18-6-9-26-13-12-24-8-4-15-32-30(24)34-26/h1-3,10-13,20,22-23,28,31H,4-9,14-19,21H2,(H,32,34)(H,37,38)/t23-,28?/m0/s1. The van der Waals surface area contributed by atoms with E-state index < -0.39 is 5.97 Å². The third-order valence-electron chi connectivity index (χ3n) is 7.81. The van der Waals surface area contributed by atoms with Gasteiger partial charge in [0, 0.05) is 36.6 Å². The van der Waals surface area contributed by atoms with Crippen molar-refractivity contribution in [3.8, 4) is 5.69 Å². The van der Waals surface area contributed by atoms with Crippen LogP contribution in [0.5, 0.6) is 0 Å². The number of pyridine rings is 1. The Labute approximate surface area is 225 Å². The predicted molar refractivity (Wildman–Crippen MR) is 150 cm³/mol. The summed E-state index contributed by atoms with van der Waals surface area (Å²) in [6, 6.07) is 14.1. The molecular weight excluding hydrogens is 476 g/mol. The van der Waals surface area contributed by atoms with Crippen LogP contribution in [0, 0.1) is 5.92 Å². The maximum atomic E-state index is 11.6. The predicted octanol–water partition coefficient (Wildman–Crippen LogP) is 4.47. The zero-order chi connectivity index (χ0) is 26.2. The zero-order valence-electron chi connectivity index (χ0n) is 22.2. The van der Waals surface area contributed by atoms with Gasteiger partial charge in [-0.3, -0.25) is 4.79 Å². The molecule has 2 atom stereocenters. The minimum atomic E-state index is -0.803. The number of benzene rings is 1. The Morgan fingerprint density at radius 2 is 2.08 bits per heavy atom. The lowest BCUT2D eigenvalue weighted by Crippen LogP contribution is -2.37. The van der Waals surface area contributed by atoms with Gasteiger partial charge in [-0.15, -0.1) is 0 Å². The zero-order valence-corrected chi connectivity index (χ0v) is 22.2. The summed E-state index contributed by atoms with van der Waals surface area (Å²) >= 11 is 0. The summed E-state index contributed by atoms with van der Waals surface area (Å²) in [7, 11) is 0. The summed E-state index contributed by atoms with van der Waals surface area (Å²) < 4.78 is 1.81. The average Bonchev–Trinajstić information content (AvgIpc) is 3.44. The van der Waals surface area contributed by atoms with Gasteiger partial charge in [0.05, 0.1) is 18.3 Å². The lowest BCUT2D eigenvalue weighted by Gasteiger charge is -2.33. The van der Waals surface area contributed by atoms with Crippen LogP contribution in [0.15, 0.2) is 54.9 Å². The van der Waals surface area contributed by atoms with Crippen LogP contribution < -0.4 is 10.6 Å². The van der Waals surface area contributed by atoms with E-state index in [1.165, 1.54) is 37.1 Å². The molecule has 202 valence electrons. The molecule has 5 rings (SSSR count). The number of rotatable bonds is 12. The molecule has 1 fully saturated rings. The molecule has 8 heteroatoms. The first kappa shape index (κ1) is 26.4. The molecule has 8 nitrogen and oxygen atoms in total. The Balaban J connectivity index is 1.07. The molecule has 0 bridgehead atoms. The van der Waals surface area contributed by atoms with Crippen molar-refractivity contribution < 1.29 is 9.90 Å². The number of nitrogens with one attached hydrogen (secondary N) is 2. The fourth-order valence-electron chi connectivity index (χ4n) is 5.76. The summed E-state index contributed by atoms with van der Waals surface area (Å²) in [5.74, 6) is 0.927. The highest BCUT2D eigenvalue weighted by molar-refractivity contribution is 5.67. The van der Waals surface area contributed by atoms with Crippen LogP contribution >= 0.6 is 0 Å². The Bertz CT molecular complexity index is 1180. The van der Waals surface area contributed by atoms with Gasteiger partial charge in [-0.1, -0.05) is 24.3 Å². The van der Waals surface area contributed by atoms with Gasteiger partial charge in [-0.25, -0.2) is 9.67 Å². The molecule has 1 unspecified atom stereocenters. The summed E-state index contributed by atoms with van der Waals surface area (Å²) in [5, 5.41) is 20.9. The number of hydrogen-bond donors (Lipinski definition) is 3. The van der Waals surface area contributed by atoms with Gasteiger partial charge >= 0.3 is 5.97 Å². The molecule has 2 aliphatic heterocycles. The monoisotopic (exact) mass is 516 g/mol. The van der Waals surface area contributed by atoms with Crippen LogP contribution in [0.1, 0.15) is 61.4 Å². The van der Waals surface area contributed by atoms with E-state index in [0.29, 0.717) is 5.92 Å². The fraction of sp³-hybridized carbons (Fsp3) is 0.500. The van der Waals surface area contributed by atoms with E-state index in [2.05, 4.69) is 32.8 Å². The highest BCUT2D eigenvalue weighted by Gasteiger charge is 2.22. The minimum Gasteiger partial charge on any atom is -0.481 e. The van der Waals surface area contributed by atoms with Crippen molar-refractivity contribution >= 4 is 11.8 Å². The number of piperidine rings is 1. The second-order valence-electron chi connectivity index (χ2n) is 10.7. The van der Waals surface area contributed by atoms with Gasteiger partial charge in [-0.05, 0) is 94.3 Å². The molecule has 3 N–H and O–H groups in total. The van der Waals surface area contributed by atoms with Crippen LogP contribution in [0.4, 0.5) is 5.82 Å². The molecule has 2 aliphatic rings. The number of aromatic nitrogens is 3. The number of para-hydroxylation sites is 1. The molecular formula is C30H40N6O2. The van der Waals surface area contributed by atoms with Gasteiger partial charge in [0.1, 0.15) is 5.82 Å². The maximum Gasteiger partial charge on any atom is 0.305 e. The smallest absolute Gasteiger partial charge is 0.305 e. The van der Waals surface area contributed by atoms with Gasteiger partial charge in [0.25, 0.3) is 0 Å². The third kappa shape index (κ3) is 7.20. The first-order chi connectivity index (χ1) is 18.6. The fourth-order valence-corrected chi connectivity index (χ4v) is 5.76. The van der Waals surface area contributed by atoms with Gasteiger partial charge in [0.15, 0.2) is 0 Å². The number of aryl methyl sites for hydroxylation is 2. The number of carboxylic acid groups (broad SMARTS) is 1. The Hall–Kier alpha value is -3.23. The highest BCUT2D eigenvalue weighted by Crippen LogP contribution is 2.23. The molecule has 0 spiro atoms. The summed E-state index contributed by atoms with van der Waals surface area (Å²) in [4.78, 5) is 19.0. The number of hydrogen-bond acceptors (Lipinski definition) is 6. The van der Waals surface area contributed by atoms with Crippen molar-refractivity contribution in [3.05, 3.63) is 71.7 Å². The van der Waals surface area contributed by atoms with Crippen LogP contribution in [0.3, 0.4) is 0 Å². The molecule has 1 aromatic carbocycles. The van der Waals surface area contributed by atoms with Crippen molar-refractivity contribution in [2.75, 3.05) is 38.0 Å². The van der Waals surface area contributed by atoms with E-state index in [0.717, 1.165) is 68.9 Å². The molecule has 3 aromatic rings. The number of anilines is 1. The quantitative estimate of drug-likeness (QED) is 0.327. The number of carboxylic acids is 1. The summed E-state index contributed by atoms with van der Waals surface area (Å²) in [6.07, 6.45) is 11.8. The van der Waals surface area contributed by atoms with E-state index in [1.54, 1.807) is 10.9 Å². The average molecular weight is 517 g/mol. The largest absolute Gasteiger partial charge is 0.481 e. The third-order valence-corrected chi connectivity index (χ3v) is 7.81. The molecule has 2 aromatic heterocycles. The molecule has 0 radical (unpaired) electrons. The van der Waals surface area contributed by atoms with Crippen molar-refractivity contribution in [1.82, 2.24) is 25.0 Å². The Kier molecular flexibility index (Phi) is 9.04. The Morgan fingerprint density at radius 3 is 2.95 bits per heavy atom. The lowest BCUT2D eigenvalue weighted by molar-refractivity contribution is -0.137. The van der Waals surface area contributed by atoms with Gasteiger partial charge in [0.2, 0.25) is 0 Å². The van der Waals surface area contributed by atoms with Crippen molar-refractivity contribution in [2.45, 2.75) is 57.4 Å². The summed E-state index contributed by atoms with van der Waals surface area (Å²) in [5.41, 5.74) is 4.42. The van der Waals surface area contributed by atoms with E-state index in [9.17, 15) is 9.90 Å². The second kappa shape index (κ2) is 13.0. The number of nitrogens with zero attached hydrogens (tertiary/aromatic N) is 4. The first-order valence-electron chi connectivity index (χ1n) is 14.1. The molecule has 0 aliphatic carbocycles. The van der Waals surface area contributed by atoms with Gasteiger partial charge in [-0.2, -0.15) is 5.10 Å². The summed E-state index contributed by atoms with van der Waals surface area (Å²) in [6.45, 7) is 5.23. The van der Waals surface area contributed by atoms with E-state index in [1.807, 2.05) is 36.5 Å². The van der Waals surface area contributed by atoms with Crippen LogP contribution in [0.2, 0.25) is 0 Å². The topological polar surface area (TPSA) is 95.3 Å². The first-order valence-corrected chi connectivity index (χ1v) is 14.1. The van der Waals surface area contributed by atoms with Crippen LogP contribution in [-0.2, 0) is 17.6 Å². The maximum absolute atomic E-state index is 11.6. The highest BCUT2D eigenvalue weighted by atomic mass is 16.4. The van der Waals surface area contributed by atoms with Crippen molar-refractivity contribution in [3.63, 3.8) is 0 Å². The van der Waals surface area contributed by atoms with Crippen molar-refractivity contribution in [1.29, 1.82) is 0 Å². The molecule has 0 saturated carbocycles. The van der Waals surface area contributed by atoms with E-state index >= 15 is 0 Å². The van der Waals surface area contributed by atoms with E-state index in [4.69, 9.17) is 4.98 Å².